The zero-order valence-corrected chi connectivity index (χ0v) is 33.4. The average molecular weight is 712 g/mol. The fourth-order valence-electron chi connectivity index (χ4n) is 5.76. The first kappa shape index (κ1) is 44.9. The summed E-state index contributed by atoms with van der Waals surface area (Å²) in [6.45, 7) is 19.7. The predicted molar refractivity (Wildman–Crippen MR) is 206 cm³/mol. The van der Waals surface area contributed by atoms with Crippen LogP contribution in [0.2, 0.25) is 0 Å². The third-order valence-electron chi connectivity index (χ3n) is 8.15. The largest absolute Gasteiger partial charge is 1.00 e. The van der Waals surface area contributed by atoms with Gasteiger partial charge in [0.2, 0.25) is 0 Å². The number of unbranched alkanes of at least 4 members (excludes halogenated alkanes) is 1. The van der Waals surface area contributed by atoms with Crippen LogP contribution in [0, 0.1) is 5.41 Å². The summed E-state index contributed by atoms with van der Waals surface area (Å²) in [6, 6.07) is 26.6. The minimum absolute atomic E-state index is 0. The van der Waals surface area contributed by atoms with E-state index in [4.69, 9.17) is 14.2 Å². The number of carbonyl (C=O) groups is 1. The van der Waals surface area contributed by atoms with Crippen LogP contribution in [0.3, 0.4) is 0 Å². The standard InChI is InChI=1S/C27H42NO2.C15H24N2O2.ClH/c1-26(2,3)22-27(4,5)24-13-15-25(16-14-24)30-20-19-29-18-17-28(6,7)21-23-11-9-8-10-12-23;1-4-5-10-16-14-8-6-13(7-9-14)15(18)19-12-11-17(2)3;/h8-16H,17-22H2,1-7H3;6-9,16H,4-5,10-12H2,1-3H3;1H/q+1;;/p-1. The Labute approximate surface area is 310 Å². The Morgan fingerprint density at radius 3 is 2.04 bits per heavy atom. The van der Waals surface area contributed by atoms with Crippen molar-refractivity contribution in [3.05, 3.63) is 95.6 Å². The predicted octanol–water partition coefficient (Wildman–Crippen LogP) is 5.69. The van der Waals surface area contributed by atoms with E-state index in [-0.39, 0.29) is 23.8 Å². The quantitative estimate of drug-likeness (QED) is 0.0980. The van der Waals surface area contributed by atoms with Crippen molar-refractivity contribution in [3.63, 3.8) is 0 Å². The highest BCUT2D eigenvalue weighted by molar-refractivity contribution is 5.89. The molecule has 0 heterocycles. The van der Waals surface area contributed by atoms with E-state index in [2.05, 4.69) is 116 Å². The van der Waals surface area contributed by atoms with Crippen LogP contribution in [0.4, 0.5) is 5.69 Å². The lowest BCUT2D eigenvalue weighted by molar-refractivity contribution is -0.904. The minimum atomic E-state index is -0.262. The molecule has 0 unspecified atom stereocenters. The van der Waals surface area contributed by atoms with Crippen LogP contribution in [0.25, 0.3) is 0 Å². The van der Waals surface area contributed by atoms with Crippen molar-refractivity contribution in [3.8, 4) is 5.75 Å². The SMILES string of the molecule is CC(C)(C)CC(C)(C)c1ccc(OCCOCC[N+](C)(C)Cc2ccccc2)cc1.CCCCNc1ccc(C(=O)OCCN(C)C)cc1.[Cl-]. The van der Waals surface area contributed by atoms with Gasteiger partial charge in [0.25, 0.3) is 0 Å². The number of ether oxygens (including phenoxy) is 3. The molecule has 0 aliphatic carbocycles. The summed E-state index contributed by atoms with van der Waals surface area (Å²) >= 11 is 0. The number of nitrogens with zero attached hydrogens (tertiary/aromatic N) is 2. The molecule has 0 fully saturated rings. The number of nitrogens with one attached hydrogen (secondary N) is 1. The Morgan fingerprint density at radius 1 is 0.820 bits per heavy atom. The Kier molecular flexibility index (Phi) is 20.4. The van der Waals surface area contributed by atoms with Gasteiger partial charge in [-0.1, -0.05) is 90.4 Å². The smallest absolute Gasteiger partial charge is 0.338 e. The molecular formula is C42H66ClN3O4. The van der Waals surface area contributed by atoms with Crippen molar-refractivity contribution in [2.75, 3.05) is 79.6 Å². The highest BCUT2D eigenvalue weighted by Crippen LogP contribution is 2.36. The highest BCUT2D eigenvalue weighted by Gasteiger charge is 2.27. The van der Waals surface area contributed by atoms with E-state index in [1.807, 2.05) is 31.1 Å². The van der Waals surface area contributed by atoms with Gasteiger partial charge < -0.3 is 41.3 Å². The van der Waals surface area contributed by atoms with Gasteiger partial charge in [0.1, 0.15) is 32.1 Å². The molecule has 0 aliphatic heterocycles. The van der Waals surface area contributed by atoms with Crippen LogP contribution in [0.5, 0.6) is 5.75 Å². The number of esters is 1. The van der Waals surface area contributed by atoms with Crippen molar-refractivity contribution in [2.45, 2.75) is 72.8 Å². The zero-order chi connectivity index (χ0) is 36.3. The summed E-state index contributed by atoms with van der Waals surface area (Å²) in [7, 11) is 8.39. The Morgan fingerprint density at radius 2 is 1.46 bits per heavy atom. The highest BCUT2D eigenvalue weighted by atomic mass is 35.5. The van der Waals surface area contributed by atoms with Gasteiger partial charge in [-0.15, -0.1) is 0 Å². The Hall–Kier alpha value is -3.10. The molecule has 0 atom stereocenters. The molecule has 0 saturated heterocycles. The van der Waals surface area contributed by atoms with E-state index in [0.29, 0.717) is 30.8 Å². The maximum absolute atomic E-state index is 11.7. The van der Waals surface area contributed by atoms with Crippen molar-refractivity contribution in [1.82, 2.24) is 4.90 Å². The van der Waals surface area contributed by atoms with E-state index in [1.54, 1.807) is 12.1 Å². The molecule has 3 aromatic carbocycles. The van der Waals surface area contributed by atoms with E-state index in [0.717, 1.165) is 61.5 Å². The molecule has 1 N–H and O–H groups in total. The molecule has 50 heavy (non-hydrogen) atoms. The minimum Gasteiger partial charge on any atom is -1.00 e. The van der Waals surface area contributed by atoms with Gasteiger partial charge in [-0.3, -0.25) is 0 Å². The fraction of sp³-hybridized carbons (Fsp3) is 0.548. The lowest BCUT2D eigenvalue weighted by Gasteiger charge is -2.33. The Bertz CT molecular complexity index is 1320. The van der Waals surface area contributed by atoms with Crippen LogP contribution in [0.15, 0.2) is 78.9 Å². The second kappa shape index (κ2) is 22.7. The first-order valence-electron chi connectivity index (χ1n) is 17.9. The fourth-order valence-corrected chi connectivity index (χ4v) is 5.76. The van der Waals surface area contributed by atoms with Crippen LogP contribution in [0.1, 0.15) is 82.3 Å². The molecule has 3 aromatic rings. The molecular weight excluding hydrogens is 646 g/mol. The number of halogens is 1. The van der Waals surface area contributed by atoms with Crippen LogP contribution < -0.4 is 22.5 Å². The van der Waals surface area contributed by atoms with Gasteiger partial charge in [0.05, 0.1) is 32.9 Å². The third-order valence-corrected chi connectivity index (χ3v) is 8.15. The maximum Gasteiger partial charge on any atom is 0.338 e. The van der Waals surface area contributed by atoms with Gasteiger partial charge in [-0.2, -0.15) is 0 Å². The number of likely N-dealkylation sites (N-methyl/N-ethyl adjacent to an activating group) is 2. The molecule has 0 bridgehead atoms. The van der Waals surface area contributed by atoms with E-state index >= 15 is 0 Å². The topological polar surface area (TPSA) is 60.0 Å². The van der Waals surface area contributed by atoms with Gasteiger partial charge in [-0.25, -0.2) is 4.79 Å². The summed E-state index contributed by atoms with van der Waals surface area (Å²) in [4.78, 5) is 13.7. The van der Waals surface area contributed by atoms with E-state index in [9.17, 15) is 4.79 Å². The summed E-state index contributed by atoms with van der Waals surface area (Å²) in [5.41, 5.74) is 4.83. The molecule has 3 rings (SSSR count). The van der Waals surface area contributed by atoms with Crippen LogP contribution in [-0.2, 0) is 21.4 Å². The molecule has 8 heteroatoms. The first-order chi connectivity index (χ1) is 23.1. The molecule has 0 radical (unpaired) electrons. The zero-order valence-electron chi connectivity index (χ0n) is 32.7. The van der Waals surface area contributed by atoms with Crippen LogP contribution in [-0.4, -0.2) is 89.6 Å². The number of carbonyl (C=O) groups excluding carboxylic acids is 1. The summed E-state index contributed by atoms with van der Waals surface area (Å²) in [6.07, 6.45) is 3.46. The van der Waals surface area contributed by atoms with Crippen molar-refractivity contribution in [1.29, 1.82) is 0 Å². The number of benzene rings is 3. The van der Waals surface area contributed by atoms with E-state index in [1.165, 1.54) is 17.5 Å². The maximum atomic E-state index is 11.7. The average Bonchev–Trinajstić information content (AvgIpc) is 3.02. The number of hydrogen-bond acceptors (Lipinski definition) is 6. The van der Waals surface area contributed by atoms with Crippen molar-refractivity contribution in [2.24, 2.45) is 5.41 Å². The van der Waals surface area contributed by atoms with Crippen LogP contribution >= 0.6 is 0 Å². The molecule has 0 aliphatic rings. The molecule has 0 spiro atoms. The second-order valence-corrected chi connectivity index (χ2v) is 15.7. The van der Waals surface area contributed by atoms with Crippen molar-refractivity contribution < 1.29 is 35.9 Å². The number of quaternary nitrogens is 1. The molecule has 0 amide bonds. The number of anilines is 1. The molecule has 280 valence electrons. The molecule has 0 saturated carbocycles. The van der Waals surface area contributed by atoms with Crippen molar-refractivity contribution >= 4 is 11.7 Å². The lowest BCUT2D eigenvalue weighted by atomic mass is 9.72. The number of hydrogen-bond donors (Lipinski definition) is 1. The molecule has 7 nitrogen and oxygen atoms in total. The third kappa shape index (κ3) is 19.3. The van der Waals surface area contributed by atoms with Gasteiger partial charge in [-0.05, 0) is 79.7 Å². The first-order valence-corrected chi connectivity index (χ1v) is 17.9. The number of rotatable bonds is 19. The van der Waals surface area contributed by atoms with Gasteiger partial charge in [0.15, 0.2) is 0 Å². The monoisotopic (exact) mass is 711 g/mol. The summed E-state index contributed by atoms with van der Waals surface area (Å²) < 4.78 is 17.8. The molecule has 0 aromatic heterocycles. The second-order valence-electron chi connectivity index (χ2n) is 15.7. The summed E-state index contributed by atoms with van der Waals surface area (Å²) in [5, 5.41) is 3.31. The summed E-state index contributed by atoms with van der Waals surface area (Å²) in [5.74, 6) is 0.649. The van der Waals surface area contributed by atoms with Gasteiger partial charge >= 0.3 is 5.97 Å². The lowest BCUT2D eigenvalue weighted by Crippen LogP contribution is -3.00. The normalized spacial score (nSPS) is 11.7. The Balaban J connectivity index is 0.000000541. The van der Waals surface area contributed by atoms with E-state index < -0.39 is 0 Å². The van der Waals surface area contributed by atoms with Gasteiger partial charge in [0, 0.05) is 24.3 Å².